The van der Waals surface area contributed by atoms with Gasteiger partial charge in [0.1, 0.15) is 5.75 Å². The number of hydrazone groups is 1. The number of phenols is 1. The summed E-state index contributed by atoms with van der Waals surface area (Å²) in [6, 6.07) is 12.4. The highest BCUT2D eigenvalue weighted by molar-refractivity contribution is 7.80. The Kier molecular flexibility index (Phi) is 5.14. The molecular weight excluding hydrogens is 306 g/mol. The van der Waals surface area contributed by atoms with Gasteiger partial charge in [-0.1, -0.05) is 29.8 Å². The van der Waals surface area contributed by atoms with E-state index in [1.807, 2.05) is 31.2 Å². The molecular formula is C15H14ClN3OS. The van der Waals surface area contributed by atoms with E-state index in [1.54, 1.807) is 18.2 Å². The highest BCUT2D eigenvalue weighted by Crippen LogP contribution is 2.22. The predicted molar refractivity (Wildman–Crippen MR) is 91.2 cm³/mol. The number of rotatable bonds is 3. The van der Waals surface area contributed by atoms with E-state index >= 15 is 0 Å². The molecule has 0 spiro atoms. The van der Waals surface area contributed by atoms with Crippen LogP contribution >= 0.6 is 23.8 Å². The van der Waals surface area contributed by atoms with Gasteiger partial charge in [0, 0.05) is 16.3 Å². The molecule has 0 aliphatic heterocycles. The van der Waals surface area contributed by atoms with Crippen LogP contribution in [0, 0.1) is 6.92 Å². The molecule has 2 aromatic rings. The van der Waals surface area contributed by atoms with Crippen LogP contribution in [0.4, 0.5) is 5.69 Å². The summed E-state index contributed by atoms with van der Waals surface area (Å²) < 4.78 is 0. The van der Waals surface area contributed by atoms with E-state index in [9.17, 15) is 5.11 Å². The lowest BCUT2D eigenvalue weighted by Crippen LogP contribution is -2.24. The van der Waals surface area contributed by atoms with Gasteiger partial charge in [0.2, 0.25) is 0 Å². The molecule has 2 aromatic carbocycles. The van der Waals surface area contributed by atoms with Gasteiger partial charge in [0.05, 0.1) is 6.21 Å². The van der Waals surface area contributed by atoms with E-state index in [1.165, 1.54) is 6.21 Å². The number of nitrogens with zero attached hydrogens (tertiary/aromatic N) is 1. The molecule has 0 heterocycles. The van der Waals surface area contributed by atoms with Crippen molar-refractivity contribution in [2.75, 3.05) is 5.32 Å². The Morgan fingerprint density at radius 1 is 1.24 bits per heavy atom. The number of aromatic hydroxyl groups is 1. The lowest BCUT2D eigenvalue weighted by atomic mass is 10.2. The summed E-state index contributed by atoms with van der Waals surface area (Å²) in [6.45, 7) is 1.90. The van der Waals surface area contributed by atoms with E-state index in [4.69, 9.17) is 23.8 Å². The Morgan fingerprint density at radius 2 is 2.00 bits per heavy atom. The third kappa shape index (κ3) is 4.18. The van der Waals surface area contributed by atoms with Gasteiger partial charge in [-0.15, -0.1) is 0 Å². The maximum absolute atomic E-state index is 9.60. The summed E-state index contributed by atoms with van der Waals surface area (Å²) in [7, 11) is 0. The molecule has 108 valence electrons. The molecule has 6 heteroatoms. The highest BCUT2D eigenvalue weighted by Gasteiger charge is 2.03. The van der Waals surface area contributed by atoms with Crippen LogP contribution in [-0.4, -0.2) is 16.4 Å². The monoisotopic (exact) mass is 319 g/mol. The summed E-state index contributed by atoms with van der Waals surface area (Å²) >= 11 is 11.2. The SMILES string of the molecule is Cc1c(Cl)cccc1NC(=S)N/N=C/c1ccccc1O. The molecule has 0 unspecified atom stereocenters. The Balaban J connectivity index is 1.97. The molecule has 21 heavy (non-hydrogen) atoms. The number of hydrogen-bond donors (Lipinski definition) is 3. The number of thiocarbonyl (C=S) groups is 1. The van der Waals surface area contributed by atoms with Crippen LogP contribution in [0.15, 0.2) is 47.6 Å². The van der Waals surface area contributed by atoms with E-state index in [0.29, 0.717) is 15.7 Å². The van der Waals surface area contributed by atoms with Crippen LogP contribution in [0.2, 0.25) is 5.02 Å². The molecule has 0 aliphatic rings. The zero-order chi connectivity index (χ0) is 15.2. The third-order valence-corrected chi connectivity index (χ3v) is 3.43. The molecule has 4 nitrogen and oxygen atoms in total. The number of nitrogens with one attached hydrogen (secondary N) is 2. The van der Waals surface area contributed by atoms with Crippen molar-refractivity contribution in [3.8, 4) is 5.75 Å². The predicted octanol–water partition coefficient (Wildman–Crippen LogP) is 3.67. The highest BCUT2D eigenvalue weighted by atomic mass is 35.5. The summed E-state index contributed by atoms with van der Waals surface area (Å²) in [6.07, 6.45) is 1.49. The minimum absolute atomic E-state index is 0.160. The zero-order valence-corrected chi connectivity index (χ0v) is 12.9. The Labute approximate surface area is 133 Å². The second-order valence-corrected chi connectivity index (χ2v) is 5.11. The number of hydrogen-bond acceptors (Lipinski definition) is 3. The maximum Gasteiger partial charge on any atom is 0.191 e. The Morgan fingerprint density at radius 3 is 2.76 bits per heavy atom. The van der Waals surface area contributed by atoms with Crippen LogP contribution in [0.1, 0.15) is 11.1 Å². The van der Waals surface area contributed by atoms with E-state index in [-0.39, 0.29) is 5.75 Å². The fourth-order valence-corrected chi connectivity index (χ4v) is 1.99. The molecule has 3 N–H and O–H groups in total. The average Bonchev–Trinajstić information content (AvgIpc) is 2.46. The van der Waals surface area contributed by atoms with Gasteiger partial charge in [-0.05, 0) is 49.0 Å². The Hall–Kier alpha value is -2.11. The molecule has 2 rings (SSSR count). The van der Waals surface area contributed by atoms with E-state index in [2.05, 4.69) is 15.8 Å². The second-order valence-electron chi connectivity index (χ2n) is 4.30. The molecule has 0 aromatic heterocycles. The number of halogens is 1. The van der Waals surface area contributed by atoms with Crippen LogP contribution in [0.3, 0.4) is 0 Å². The molecule has 0 fully saturated rings. The third-order valence-electron chi connectivity index (χ3n) is 2.82. The summed E-state index contributed by atoms with van der Waals surface area (Å²) in [5, 5.41) is 17.6. The topological polar surface area (TPSA) is 56.7 Å². The number of anilines is 1. The first kappa shape index (κ1) is 15.3. The Bertz CT molecular complexity index is 688. The lowest BCUT2D eigenvalue weighted by Gasteiger charge is -2.10. The van der Waals surface area contributed by atoms with Crippen molar-refractivity contribution in [2.45, 2.75) is 6.92 Å². The first-order chi connectivity index (χ1) is 10.1. The molecule has 0 amide bonds. The van der Waals surface area contributed by atoms with Gasteiger partial charge in [-0.25, -0.2) is 0 Å². The van der Waals surface area contributed by atoms with Crippen LogP contribution in [0.25, 0.3) is 0 Å². The minimum atomic E-state index is 0.160. The molecule has 0 saturated carbocycles. The van der Waals surface area contributed by atoms with Gasteiger partial charge in [-0.3, -0.25) is 5.43 Å². The van der Waals surface area contributed by atoms with Crippen LogP contribution in [-0.2, 0) is 0 Å². The minimum Gasteiger partial charge on any atom is -0.507 e. The molecule has 0 radical (unpaired) electrons. The molecule has 0 bridgehead atoms. The van der Waals surface area contributed by atoms with Gasteiger partial charge in [0.25, 0.3) is 0 Å². The smallest absolute Gasteiger partial charge is 0.191 e. The summed E-state index contributed by atoms with van der Waals surface area (Å²) in [5.41, 5.74) is 5.02. The zero-order valence-electron chi connectivity index (χ0n) is 11.3. The fraction of sp³-hybridized carbons (Fsp3) is 0.0667. The van der Waals surface area contributed by atoms with Gasteiger partial charge in [0.15, 0.2) is 5.11 Å². The van der Waals surface area contributed by atoms with Crippen molar-refractivity contribution >= 4 is 40.8 Å². The number of benzene rings is 2. The van der Waals surface area contributed by atoms with Gasteiger partial charge < -0.3 is 10.4 Å². The molecule has 0 atom stereocenters. The number of phenolic OH excluding ortho intramolecular Hbond substituents is 1. The standard InChI is InChI=1S/C15H14ClN3OS/c1-10-12(16)6-4-7-13(10)18-15(21)19-17-9-11-5-2-3-8-14(11)20/h2-9,20H,1H3,(H2,18,19,21)/b17-9+. The normalized spacial score (nSPS) is 10.6. The van der Waals surface area contributed by atoms with Crippen molar-refractivity contribution in [1.29, 1.82) is 0 Å². The summed E-state index contributed by atoms with van der Waals surface area (Å²) in [4.78, 5) is 0. The first-order valence-electron chi connectivity index (χ1n) is 6.21. The van der Waals surface area contributed by atoms with E-state index < -0.39 is 0 Å². The quantitative estimate of drug-likeness (QED) is 0.459. The first-order valence-corrected chi connectivity index (χ1v) is 6.99. The van der Waals surface area contributed by atoms with Gasteiger partial charge >= 0.3 is 0 Å². The molecule has 0 aliphatic carbocycles. The largest absolute Gasteiger partial charge is 0.507 e. The van der Waals surface area contributed by atoms with Crippen molar-refractivity contribution in [2.24, 2.45) is 5.10 Å². The van der Waals surface area contributed by atoms with Crippen molar-refractivity contribution in [3.05, 3.63) is 58.6 Å². The lowest BCUT2D eigenvalue weighted by molar-refractivity contribution is 0.474. The average molecular weight is 320 g/mol. The summed E-state index contributed by atoms with van der Waals surface area (Å²) in [5.74, 6) is 0.160. The van der Waals surface area contributed by atoms with Gasteiger partial charge in [-0.2, -0.15) is 5.10 Å². The fourth-order valence-electron chi connectivity index (χ4n) is 1.65. The maximum atomic E-state index is 9.60. The van der Waals surface area contributed by atoms with Crippen LogP contribution < -0.4 is 10.7 Å². The van der Waals surface area contributed by atoms with Crippen molar-refractivity contribution in [1.82, 2.24) is 5.43 Å². The second kappa shape index (κ2) is 7.06. The molecule has 0 saturated heterocycles. The van der Waals surface area contributed by atoms with Crippen molar-refractivity contribution < 1.29 is 5.11 Å². The van der Waals surface area contributed by atoms with E-state index in [0.717, 1.165) is 11.3 Å². The van der Waals surface area contributed by atoms with Crippen LogP contribution in [0.5, 0.6) is 5.75 Å². The number of para-hydroxylation sites is 1. The van der Waals surface area contributed by atoms with Crippen molar-refractivity contribution in [3.63, 3.8) is 0 Å².